The van der Waals surface area contributed by atoms with Crippen LogP contribution in [0.15, 0.2) is 89.1 Å². The molecule has 0 fully saturated rings. The van der Waals surface area contributed by atoms with Gasteiger partial charge in [0.1, 0.15) is 16.5 Å². The van der Waals surface area contributed by atoms with Gasteiger partial charge in [-0.1, -0.05) is 71.9 Å². The quantitative estimate of drug-likeness (QED) is 0.0832. The number of rotatable bonds is 8. The maximum absolute atomic E-state index is 12.7. The van der Waals surface area contributed by atoms with E-state index < -0.39 is 5.97 Å². The van der Waals surface area contributed by atoms with E-state index in [9.17, 15) is 9.59 Å². The van der Waals surface area contributed by atoms with E-state index in [1.54, 1.807) is 24.3 Å². The van der Waals surface area contributed by atoms with Crippen molar-refractivity contribution in [1.82, 2.24) is 20.2 Å². The highest BCUT2D eigenvalue weighted by atomic mass is 35.5. The van der Waals surface area contributed by atoms with Crippen LogP contribution >= 0.6 is 34.7 Å². The minimum Gasteiger partial charge on any atom is -0.422 e. The Hall–Kier alpha value is -3.99. The van der Waals surface area contributed by atoms with Gasteiger partial charge in [0.25, 0.3) is 5.91 Å². The highest BCUT2D eigenvalue weighted by Gasteiger charge is 2.19. The number of para-hydroxylation sites is 1. The molecule has 0 spiro atoms. The van der Waals surface area contributed by atoms with Crippen molar-refractivity contribution in [3.8, 4) is 11.4 Å². The van der Waals surface area contributed by atoms with Crippen molar-refractivity contribution in [3.63, 3.8) is 0 Å². The van der Waals surface area contributed by atoms with Crippen LogP contribution in [0.25, 0.3) is 15.8 Å². The first-order chi connectivity index (χ1) is 18.5. The van der Waals surface area contributed by atoms with E-state index in [1.807, 2.05) is 66.1 Å². The zero-order valence-corrected chi connectivity index (χ0v) is 22.4. The van der Waals surface area contributed by atoms with E-state index in [2.05, 4.69) is 20.7 Å². The Labute approximate surface area is 231 Å². The summed E-state index contributed by atoms with van der Waals surface area (Å²) in [5, 5.41) is 14.1. The SMILES string of the molecule is Cc1nnc(SCC(=O)N/N=C/c2cccc(OC(=O)c3sc4ccccc4c3Cl)c2)n1-c1ccccc1. The Morgan fingerprint density at radius 2 is 1.87 bits per heavy atom. The molecule has 5 aromatic rings. The number of nitrogens with zero attached hydrogens (tertiary/aromatic N) is 4. The molecule has 0 aliphatic carbocycles. The Morgan fingerprint density at radius 3 is 2.68 bits per heavy atom. The zero-order valence-electron chi connectivity index (χ0n) is 20.0. The highest BCUT2D eigenvalue weighted by molar-refractivity contribution is 7.99. The molecule has 11 heteroatoms. The first-order valence-corrected chi connectivity index (χ1v) is 13.6. The summed E-state index contributed by atoms with van der Waals surface area (Å²) in [6.07, 6.45) is 1.48. The number of esters is 1. The number of nitrogens with one attached hydrogen (secondary N) is 1. The van der Waals surface area contributed by atoms with Crippen molar-refractivity contribution in [1.29, 1.82) is 0 Å². The van der Waals surface area contributed by atoms with E-state index in [4.69, 9.17) is 16.3 Å². The second kappa shape index (κ2) is 11.6. The topological polar surface area (TPSA) is 98.5 Å². The molecule has 0 aliphatic heterocycles. The third-order valence-corrected chi connectivity index (χ3v) is 7.92. The summed E-state index contributed by atoms with van der Waals surface area (Å²) >= 11 is 8.94. The van der Waals surface area contributed by atoms with Gasteiger partial charge in [0.05, 0.1) is 17.0 Å². The van der Waals surface area contributed by atoms with E-state index in [0.717, 1.165) is 21.6 Å². The number of thioether (sulfide) groups is 1. The summed E-state index contributed by atoms with van der Waals surface area (Å²) in [5.41, 5.74) is 4.07. The molecule has 5 rings (SSSR count). The number of fused-ring (bicyclic) bond motifs is 1. The van der Waals surface area contributed by atoms with Crippen molar-refractivity contribution >= 4 is 62.9 Å². The van der Waals surface area contributed by atoms with E-state index in [1.165, 1.54) is 29.3 Å². The van der Waals surface area contributed by atoms with Crippen molar-refractivity contribution in [3.05, 3.63) is 100 Å². The Kier molecular flexibility index (Phi) is 7.83. The Bertz CT molecular complexity index is 1650. The minimum absolute atomic E-state index is 0.107. The lowest BCUT2D eigenvalue weighted by atomic mass is 10.2. The molecule has 2 heterocycles. The summed E-state index contributed by atoms with van der Waals surface area (Å²) < 4.78 is 8.34. The highest BCUT2D eigenvalue weighted by Crippen LogP contribution is 2.35. The number of benzene rings is 3. The first-order valence-electron chi connectivity index (χ1n) is 11.4. The molecular weight excluding hydrogens is 542 g/mol. The maximum atomic E-state index is 12.7. The van der Waals surface area contributed by atoms with E-state index in [-0.39, 0.29) is 11.7 Å². The van der Waals surface area contributed by atoms with Gasteiger partial charge in [-0.25, -0.2) is 10.2 Å². The molecule has 3 aromatic carbocycles. The summed E-state index contributed by atoms with van der Waals surface area (Å²) in [5.74, 6) is 0.343. The van der Waals surface area contributed by atoms with Gasteiger partial charge in [0.2, 0.25) is 0 Å². The van der Waals surface area contributed by atoms with Crippen LogP contribution < -0.4 is 10.2 Å². The number of aromatic nitrogens is 3. The lowest BCUT2D eigenvalue weighted by Gasteiger charge is -2.07. The van der Waals surface area contributed by atoms with Gasteiger partial charge in [-0.15, -0.1) is 21.5 Å². The van der Waals surface area contributed by atoms with Gasteiger partial charge in [-0.3, -0.25) is 9.36 Å². The normalized spacial score (nSPS) is 11.2. The summed E-state index contributed by atoms with van der Waals surface area (Å²) in [6, 6.07) is 24.0. The van der Waals surface area contributed by atoms with Gasteiger partial charge < -0.3 is 4.74 Å². The number of hydrogen-bond donors (Lipinski definition) is 1. The zero-order chi connectivity index (χ0) is 26.5. The molecule has 0 radical (unpaired) electrons. The van der Waals surface area contributed by atoms with Crippen LogP contribution in [0.5, 0.6) is 5.75 Å². The van der Waals surface area contributed by atoms with Crippen LogP contribution in [0.1, 0.15) is 21.1 Å². The average molecular weight is 562 g/mol. The number of hydrazone groups is 1. The second-order valence-electron chi connectivity index (χ2n) is 7.99. The molecule has 0 saturated heterocycles. The molecule has 38 heavy (non-hydrogen) atoms. The van der Waals surface area contributed by atoms with Gasteiger partial charge >= 0.3 is 5.97 Å². The van der Waals surface area contributed by atoms with Crippen molar-refractivity contribution < 1.29 is 14.3 Å². The molecule has 0 aliphatic rings. The molecule has 8 nitrogen and oxygen atoms in total. The molecule has 0 bridgehead atoms. The number of carbonyl (C=O) groups is 2. The van der Waals surface area contributed by atoms with Crippen LogP contribution in [0.3, 0.4) is 0 Å². The summed E-state index contributed by atoms with van der Waals surface area (Å²) in [7, 11) is 0. The van der Waals surface area contributed by atoms with Crippen molar-refractivity contribution in [2.75, 3.05) is 5.75 Å². The summed E-state index contributed by atoms with van der Waals surface area (Å²) in [4.78, 5) is 25.4. The van der Waals surface area contributed by atoms with Crippen LogP contribution in [0, 0.1) is 6.92 Å². The summed E-state index contributed by atoms with van der Waals surface area (Å²) in [6.45, 7) is 1.86. The lowest BCUT2D eigenvalue weighted by molar-refractivity contribution is -0.118. The van der Waals surface area contributed by atoms with Gasteiger partial charge in [-0.2, -0.15) is 5.10 Å². The van der Waals surface area contributed by atoms with Crippen LogP contribution in [-0.4, -0.2) is 38.6 Å². The Morgan fingerprint density at radius 1 is 1.08 bits per heavy atom. The van der Waals surface area contributed by atoms with E-state index in [0.29, 0.717) is 26.4 Å². The van der Waals surface area contributed by atoms with Gasteiger partial charge in [0.15, 0.2) is 5.16 Å². The van der Waals surface area contributed by atoms with Gasteiger partial charge in [0, 0.05) is 15.8 Å². The van der Waals surface area contributed by atoms with Crippen LogP contribution in [-0.2, 0) is 4.79 Å². The number of carbonyl (C=O) groups excluding carboxylic acids is 2. The monoisotopic (exact) mass is 561 g/mol. The number of thiophene rings is 1. The Balaban J connectivity index is 1.17. The third kappa shape index (κ3) is 5.77. The molecule has 1 amide bonds. The molecule has 0 unspecified atom stereocenters. The second-order valence-corrected chi connectivity index (χ2v) is 10.4. The number of amides is 1. The molecule has 0 saturated carbocycles. The molecule has 0 atom stereocenters. The number of halogens is 1. The molecular formula is C27H20ClN5O3S2. The fraction of sp³-hybridized carbons (Fsp3) is 0.0741. The van der Waals surface area contributed by atoms with Crippen molar-refractivity contribution in [2.24, 2.45) is 5.10 Å². The number of ether oxygens (including phenoxy) is 1. The predicted molar refractivity (Wildman–Crippen MR) is 151 cm³/mol. The van der Waals surface area contributed by atoms with Crippen LogP contribution in [0.4, 0.5) is 0 Å². The van der Waals surface area contributed by atoms with Gasteiger partial charge in [-0.05, 0) is 42.8 Å². The molecule has 2 aromatic heterocycles. The fourth-order valence-corrected chi connectivity index (χ4v) is 5.78. The smallest absolute Gasteiger partial charge is 0.355 e. The minimum atomic E-state index is -0.533. The molecule has 1 N–H and O–H groups in total. The van der Waals surface area contributed by atoms with Crippen molar-refractivity contribution in [2.45, 2.75) is 12.1 Å². The third-order valence-electron chi connectivity index (χ3n) is 5.33. The fourth-order valence-electron chi connectivity index (χ4n) is 3.61. The average Bonchev–Trinajstić information content (AvgIpc) is 3.47. The predicted octanol–water partition coefficient (Wildman–Crippen LogP) is 5.91. The van der Waals surface area contributed by atoms with Crippen LogP contribution in [0.2, 0.25) is 5.02 Å². The standard InChI is InChI=1S/C27H20ClN5O3S2/c1-17-30-32-27(33(17)19-9-3-2-4-10-19)37-16-23(34)31-29-15-18-8-7-11-20(14-18)36-26(35)25-24(28)21-12-5-6-13-22(21)38-25/h2-15H,16H2,1H3,(H,31,34)/b29-15+. The largest absolute Gasteiger partial charge is 0.422 e. The maximum Gasteiger partial charge on any atom is 0.355 e. The lowest BCUT2D eigenvalue weighted by Crippen LogP contribution is -2.20. The number of hydrogen-bond acceptors (Lipinski definition) is 8. The van der Waals surface area contributed by atoms with E-state index >= 15 is 0 Å². The first kappa shape index (κ1) is 25.7. The molecule has 190 valence electrons. The number of aryl methyl sites for hydroxylation is 1.